The van der Waals surface area contributed by atoms with Crippen LogP contribution in [0.25, 0.3) is 56.0 Å². The van der Waals surface area contributed by atoms with Crippen LogP contribution >= 0.6 is 0 Å². The molecule has 0 saturated heterocycles. The van der Waals surface area contributed by atoms with Crippen molar-refractivity contribution in [1.29, 1.82) is 0 Å². The highest BCUT2D eigenvalue weighted by Crippen LogP contribution is 2.34. The topological polar surface area (TPSA) is 138 Å². The van der Waals surface area contributed by atoms with Crippen LogP contribution in [0, 0.1) is 11.2 Å². The second-order valence-electron chi connectivity index (χ2n) is 9.83. The highest BCUT2D eigenvalue weighted by atomic mass is 19.1. The summed E-state index contributed by atoms with van der Waals surface area (Å²) in [6.45, 7) is 5.42. The van der Waals surface area contributed by atoms with Gasteiger partial charge in [0.05, 0.1) is 34.5 Å². The Morgan fingerprint density at radius 1 is 0.974 bits per heavy atom. The minimum atomic E-state index is -0.595. The Balaban J connectivity index is 1.44. The second kappa shape index (κ2) is 8.80. The minimum Gasteiger partial charge on any atom is -0.335 e. The van der Waals surface area contributed by atoms with Crippen molar-refractivity contribution in [2.45, 2.75) is 20.8 Å². The molecule has 0 fully saturated rings. The third kappa shape index (κ3) is 4.03. The number of hydrogen-bond acceptors (Lipinski definition) is 7. The number of fused-ring (bicyclic) bond motifs is 2. The lowest BCUT2D eigenvalue weighted by Gasteiger charge is -2.17. The van der Waals surface area contributed by atoms with Crippen LogP contribution in [-0.4, -0.2) is 46.0 Å². The van der Waals surface area contributed by atoms with E-state index in [1.165, 1.54) is 18.6 Å². The predicted octanol–water partition coefficient (Wildman–Crippen LogP) is 5.14. The van der Waals surface area contributed by atoms with Gasteiger partial charge in [-0.2, -0.15) is 5.10 Å². The Hall–Kier alpha value is -5.06. The number of pyridine rings is 4. The molecule has 0 saturated carbocycles. The Bertz CT molecular complexity index is 1820. The summed E-state index contributed by atoms with van der Waals surface area (Å²) < 4.78 is 16.0. The van der Waals surface area contributed by atoms with E-state index in [-0.39, 0.29) is 17.0 Å². The fourth-order valence-corrected chi connectivity index (χ4v) is 4.09. The SMILES string of the molecule is CC(C)(C)C(=O)Nc1cncc(-c2ncc3[nH]nc(-c4nc5nccc(-c6cccnc6)c5[nH]4)c3c2F)c1. The summed E-state index contributed by atoms with van der Waals surface area (Å²) in [4.78, 5) is 37.3. The van der Waals surface area contributed by atoms with E-state index in [9.17, 15) is 4.79 Å². The molecule has 0 aliphatic carbocycles. The van der Waals surface area contributed by atoms with Crippen LogP contribution in [0.15, 0.2) is 61.4 Å². The molecule has 38 heavy (non-hydrogen) atoms. The number of halogens is 1. The monoisotopic (exact) mass is 507 g/mol. The maximum Gasteiger partial charge on any atom is 0.229 e. The van der Waals surface area contributed by atoms with E-state index in [1.807, 2.05) is 39.0 Å². The van der Waals surface area contributed by atoms with Crippen LogP contribution in [-0.2, 0) is 4.79 Å². The molecule has 0 aliphatic rings. The first-order valence-electron chi connectivity index (χ1n) is 11.8. The zero-order valence-corrected chi connectivity index (χ0v) is 20.7. The van der Waals surface area contributed by atoms with E-state index in [0.29, 0.717) is 39.4 Å². The van der Waals surface area contributed by atoms with Crippen LogP contribution < -0.4 is 5.32 Å². The summed E-state index contributed by atoms with van der Waals surface area (Å²) in [5, 5.41) is 10.2. The van der Waals surface area contributed by atoms with Crippen LogP contribution in [0.4, 0.5) is 10.1 Å². The van der Waals surface area contributed by atoms with Gasteiger partial charge in [-0.25, -0.2) is 14.4 Å². The van der Waals surface area contributed by atoms with Crippen LogP contribution in [0.2, 0.25) is 0 Å². The van der Waals surface area contributed by atoms with Crippen LogP contribution in [0.3, 0.4) is 0 Å². The molecule has 1 amide bonds. The summed E-state index contributed by atoms with van der Waals surface area (Å²) in [5.74, 6) is -0.412. The molecule has 11 heteroatoms. The number of carbonyl (C=O) groups excluding carboxylic acids is 1. The average Bonchev–Trinajstić information content (AvgIpc) is 3.54. The number of aromatic nitrogens is 8. The Morgan fingerprint density at radius 2 is 1.82 bits per heavy atom. The lowest BCUT2D eigenvalue weighted by Crippen LogP contribution is -2.27. The first-order chi connectivity index (χ1) is 18.3. The van der Waals surface area contributed by atoms with Gasteiger partial charge >= 0.3 is 0 Å². The average molecular weight is 508 g/mol. The smallest absolute Gasteiger partial charge is 0.229 e. The van der Waals surface area contributed by atoms with E-state index in [2.05, 4.69) is 45.4 Å². The van der Waals surface area contributed by atoms with E-state index >= 15 is 4.39 Å². The Labute approximate surface area is 215 Å². The van der Waals surface area contributed by atoms with Crippen molar-refractivity contribution in [3.05, 3.63) is 67.3 Å². The van der Waals surface area contributed by atoms with Crippen molar-refractivity contribution in [1.82, 2.24) is 40.1 Å². The number of H-pyrrole nitrogens is 2. The van der Waals surface area contributed by atoms with E-state index in [0.717, 1.165) is 11.1 Å². The first-order valence-corrected chi connectivity index (χ1v) is 11.8. The van der Waals surface area contributed by atoms with Gasteiger partial charge in [0.25, 0.3) is 0 Å². The lowest BCUT2D eigenvalue weighted by atomic mass is 9.95. The summed E-state index contributed by atoms with van der Waals surface area (Å²) in [7, 11) is 0. The molecule has 6 heterocycles. The molecule has 0 radical (unpaired) electrons. The molecule has 0 unspecified atom stereocenters. The van der Waals surface area contributed by atoms with E-state index < -0.39 is 11.2 Å². The van der Waals surface area contributed by atoms with Gasteiger partial charge in [-0.15, -0.1) is 0 Å². The van der Waals surface area contributed by atoms with Crippen LogP contribution in [0.5, 0.6) is 0 Å². The molecular weight excluding hydrogens is 485 g/mol. The fourth-order valence-electron chi connectivity index (χ4n) is 4.09. The normalized spacial score (nSPS) is 11.8. The molecule has 0 aliphatic heterocycles. The third-order valence-electron chi connectivity index (χ3n) is 6.08. The number of hydrogen-bond donors (Lipinski definition) is 3. The quantitative estimate of drug-likeness (QED) is 0.300. The molecule has 6 rings (SSSR count). The summed E-state index contributed by atoms with van der Waals surface area (Å²) in [5.41, 5.74) is 3.96. The van der Waals surface area contributed by atoms with Gasteiger partial charge in [-0.3, -0.25) is 24.8 Å². The van der Waals surface area contributed by atoms with Crippen molar-refractivity contribution in [2.24, 2.45) is 5.41 Å². The third-order valence-corrected chi connectivity index (χ3v) is 6.08. The summed E-state index contributed by atoms with van der Waals surface area (Å²) in [6.07, 6.45) is 9.63. The number of amides is 1. The number of nitrogens with zero attached hydrogens (tertiary/aromatic N) is 6. The predicted molar refractivity (Wildman–Crippen MR) is 141 cm³/mol. The second-order valence-corrected chi connectivity index (χ2v) is 9.83. The van der Waals surface area contributed by atoms with Crippen molar-refractivity contribution in [3.63, 3.8) is 0 Å². The number of imidazole rings is 1. The summed E-state index contributed by atoms with van der Waals surface area (Å²) in [6, 6.07) is 7.29. The van der Waals surface area contributed by atoms with Crippen LogP contribution in [0.1, 0.15) is 20.8 Å². The molecule has 6 aromatic heterocycles. The molecule has 0 spiro atoms. The zero-order chi connectivity index (χ0) is 26.4. The molecule has 0 bridgehead atoms. The number of anilines is 1. The van der Waals surface area contributed by atoms with Gasteiger partial charge in [0, 0.05) is 46.9 Å². The Morgan fingerprint density at radius 3 is 2.61 bits per heavy atom. The molecule has 6 aromatic rings. The van der Waals surface area contributed by atoms with Gasteiger partial charge in [0.2, 0.25) is 5.91 Å². The van der Waals surface area contributed by atoms with Gasteiger partial charge in [-0.1, -0.05) is 26.8 Å². The maximum absolute atomic E-state index is 16.0. The molecule has 188 valence electrons. The number of rotatable bonds is 4. The van der Waals surface area contributed by atoms with E-state index in [4.69, 9.17) is 0 Å². The van der Waals surface area contributed by atoms with E-state index in [1.54, 1.807) is 24.7 Å². The molecular formula is C27H22FN9O. The molecule has 10 nitrogen and oxygen atoms in total. The zero-order valence-electron chi connectivity index (χ0n) is 20.7. The first kappa shape index (κ1) is 23.3. The van der Waals surface area contributed by atoms with Crippen molar-refractivity contribution < 1.29 is 9.18 Å². The number of carbonyl (C=O) groups is 1. The lowest BCUT2D eigenvalue weighted by molar-refractivity contribution is -0.123. The fraction of sp³-hybridized carbons (Fsp3) is 0.148. The largest absolute Gasteiger partial charge is 0.335 e. The standard InChI is InChI=1S/C27H22FN9O/c1-27(2,3)26(38)33-16-9-15(11-30-12-16)21-20(28)19-18(13-32-21)36-37-23(19)25-34-22-17(6-8-31-24(22)35-25)14-5-4-7-29-10-14/h4-13H,1-3H3,(H,33,38)(H,36,37)(H,31,34,35). The highest BCUT2D eigenvalue weighted by molar-refractivity contribution is 5.98. The van der Waals surface area contributed by atoms with Gasteiger partial charge < -0.3 is 10.3 Å². The number of aromatic amines is 2. The van der Waals surface area contributed by atoms with Gasteiger partial charge in [-0.05, 0) is 18.2 Å². The maximum atomic E-state index is 16.0. The number of nitrogens with one attached hydrogen (secondary N) is 3. The van der Waals surface area contributed by atoms with Crippen molar-refractivity contribution >= 4 is 33.7 Å². The molecule has 0 atom stereocenters. The minimum absolute atomic E-state index is 0.0739. The van der Waals surface area contributed by atoms with Crippen molar-refractivity contribution in [3.8, 4) is 33.9 Å². The molecule has 3 N–H and O–H groups in total. The van der Waals surface area contributed by atoms with Crippen molar-refractivity contribution in [2.75, 3.05) is 5.32 Å². The highest BCUT2D eigenvalue weighted by Gasteiger charge is 2.23. The van der Waals surface area contributed by atoms with Gasteiger partial charge in [0.1, 0.15) is 11.4 Å². The Kier molecular flexibility index (Phi) is 5.41. The molecule has 0 aromatic carbocycles. The van der Waals surface area contributed by atoms with Gasteiger partial charge in [0.15, 0.2) is 17.3 Å². The summed E-state index contributed by atoms with van der Waals surface area (Å²) >= 11 is 0.